The number of ketones is 1. The predicted octanol–water partition coefficient (Wildman–Crippen LogP) is 3.83. The highest BCUT2D eigenvalue weighted by molar-refractivity contribution is 5.99. The van der Waals surface area contributed by atoms with Crippen LogP contribution >= 0.6 is 0 Å². The maximum atomic E-state index is 13.4. The zero-order valence-corrected chi connectivity index (χ0v) is 21.1. The number of aliphatic hydroxyl groups is 3. The molecule has 1 saturated heterocycles. The molecule has 6 heteroatoms. The number of aliphatic hydroxyl groups excluding tert-OH is 3. The predicted molar refractivity (Wildman–Crippen MR) is 128 cm³/mol. The quantitative estimate of drug-likeness (QED) is 0.433. The van der Waals surface area contributed by atoms with Crippen LogP contribution in [0, 0.1) is 35.5 Å². The molecule has 3 N–H and O–H groups in total. The van der Waals surface area contributed by atoms with E-state index in [9.17, 15) is 24.9 Å². The Morgan fingerprint density at radius 2 is 1.73 bits per heavy atom. The zero-order valence-electron chi connectivity index (χ0n) is 21.1. The van der Waals surface area contributed by atoms with Crippen LogP contribution in [0.15, 0.2) is 23.8 Å². The first kappa shape index (κ1) is 27.7. The van der Waals surface area contributed by atoms with Gasteiger partial charge in [0.05, 0.1) is 24.7 Å². The van der Waals surface area contributed by atoms with Crippen molar-refractivity contribution < 1.29 is 29.6 Å². The van der Waals surface area contributed by atoms with Crippen molar-refractivity contribution in [1.82, 2.24) is 0 Å². The second kappa shape index (κ2) is 12.3. The Morgan fingerprint density at radius 1 is 1.06 bits per heavy atom. The van der Waals surface area contributed by atoms with Gasteiger partial charge in [-0.05, 0) is 68.8 Å². The fourth-order valence-corrected chi connectivity index (χ4v) is 5.67. The number of rotatable bonds is 3. The van der Waals surface area contributed by atoms with Crippen LogP contribution in [0.5, 0.6) is 0 Å². The van der Waals surface area contributed by atoms with Crippen LogP contribution in [0.4, 0.5) is 0 Å². The van der Waals surface area contributed by atoms with Crippen LogP contribution in [-0.4, -0.2) is 51.5 Å². The Kier molecular flexibility index (Phi) is 10.3. The summed E-state index contributed by atoms with van der Waals surface area (Å²) < 4.78 is 5.61. The summed E-state index contributed by atoms with van der Waals surface area (Å²) in [4.78, 5) is 26.2. The smallest absolute Gasteiger partial charge is 0.306 e. The number of Topliss-reactive ketones (excluding diaryl/α,β-unsaturated/α-hetero) is 1. The van der Waals surface area contributed by atoms with E-state index in [1.54, 1.807) is 20.8 Å². The van der Waals surface area contributed by atoms with Crippen molar-refractivity contribution in [3.05, 3.63) is 23.8 Å². The molecule has 2 aliphatic carbocycles. The molecule has 1 aliphatic heterocycles. The summed E-state index contributed by atoms with van der Waals surface area (Å²) in [5.74, 6) is -0.858. The molecule has 6 nitrogen and oxygen atoms in total. The SMILES string of the molecule is CC.CC(O)CC1C(C)C=CC2C3CC(=O)OC(C(C)O)CCCC(O)C(C)C(=O)C3=CC21. The first-order valence-electron chi connectivity index (χ1n) is 12.8. The number of carbonyl (C=O) groups is 2. The third kappa shape index (κ3) is 6.55. The number of esters is 1. The number of hydrogen-bond acceptors (Lipinski definition) is 6. The van der Waals surface area contributed by atoms with Gasteiger partial charge in [-0.15, -0.1) is 0 Å². The second-order valence-electron chi connectivity index (χ2n) is 10.0. The van der Waals surface area contributed by atoms with Crippen molar-refractivity contribution in [1.29, 1.82) is 0 Å². The largest absolute Gasteiger partial charge is 0.460 e. The van der Waals surface area contributed by atoms with E-state index in [0.29, 0.717) is 31.3 Å². The fraction of sp³-hybridized carbons (Fsp3) is 0.778. The molecule has 1 heterocycles. The third-order valence-electron chi connectivity index (χ3n) is 7.57. The molecule has 188 valence electrons. The monoisotopic (exact) mass is 464 g/mol. The highest BCUT2D eigenvalue weighted by atomic mass is 16.6. The first-order valence-corrected chi connectivity index (χ1v) is 12.8. The van der Waals surface area contributed by atoms with Crippen molar-refractivity contribution in [3.8, 4) is 0 Å². The minimum absolute atomic E-state index is 0.0104. The van der Waals surface area contributed by atoms with Crippen LogP contribution < -0.4 is 0 Å². The van der Waals surface area contributed by atoms with Gasteiger partial charge in [-0.2, -0.15) is 0 Å². The van der Waals surface area contributed by atoms with Crippen molar-refractivity contribution >= 4 is 11.8 Å². The Labute approximate surface area is 199 Å². The molecule has 0 spiro atoms. The van der Waals surface area contributed by atoms with Gasteiger partial charge in [0.25, 0.3) is 0 Å². The van der Waals surface area contributed by atoms with Gasteiger partial charge < -0.3 is 20.1 Å². The molecule has 3 aliphatic rings. The molecule has 1 fully saturated rings. The number of ether oxygens (including phenoxy) is 1. The van der Waals surface area contributed by atoms with E-state index in [0.717, 1.165) is 0 Å². The minimum Gasteiger partial charge on any atom is -0.460 e. The maximum Gasteiger partial charge on any atom is 0.306 e. The molecule has 0 radical (unpaired) electrons. The highest BCUT2D eigenvalue weighted by Crippen LogP contribution is 2.50. The first-order chi connectivity index (χ1) is 15.6. The van der Waals surface area contributed by atoms with E-state index in [1.807, 2.05) is 19.9 Å². The number of carbonyl (C=O) groups excluding carboxylic acids is 2. The van der Waals surface area contributed by atoms with E-state index in [1.165, 1.54) is 0 Å². The van der Waals surface area contributed by atoms with Gasteiger partial charge in [-0.3, -0.25) is 9.59 Å². The van der Waals surface area contributed by atoms with Gasteiger partial charge in [0, 0.05) is 11.8 Å². The van der Waals surface area contributed by atoms with E-state index in [4.69, 9.17) is 4.74 Å². The van der Waals surface area contributed by atoms with E-state index >= 15 is 0 Å². The molecule has 0 aromatic carbocycles. The van der Waals surface area contributed by atoms with Crippen LogP contribution in [0.25, 0.3) is 0 Å². The van der Waals surface area contributed by atoms with Crippen LogP contribution in [0.3, 0.4) is 0 Å². The normalized spacial score (nSPS) is 38.9. The molecular weight excluding hydrogens is 420 g/mol. The van der Waals surface area contributed by atoms with Gasteiger partial charge in [0.1, 0.15) is 6.10 Å². The summed E-state index contributed by atoms with van der Waals surface area (Å²) >= 11 is 0. The Morgan fingerprint density at radius 3 is 2.33 bits per heavy atom. The minimum atomic E-state index is -0.791. The molecular formula is C27H44O6. The Balaban J connectivity index is 0.00000187. The van der Waals surface area contributed by atoms with Crippen molar-refractivity contribution in [2.24, 2.45) is 35.5 Å². The average molecular weight is 465 g/mol. The molecule has 33 heavy (non-hydrogen) atoms. The lowest BCUT2D eigenvalue weighted by molar-refractivity contribution is -0.156. The lowest BCUT2D eigenvalue weighted by atomic mass is 9.68. The van der Waals surface area contributed by atoms with E-state index < -0.39 is 36.3 Å². The molecule has 0 bridgehead atoms. The van der Waals surface area contributed by atoms with Gasteiger partial charge in [-0.1, -0.05) is 45.9 Å². The van der Waals surface area contributed by atoms with Crippen LogP contribution in [-0.2, 0) is 14.3 Å². The molecule has 0 aromatic rings. The lowest BCUT2D eigenvalue weighted by Gasteiger charge is -2.37. The second-order valence-corrected chi connectivity index (χ2v) is 10.0. The fourth-order valence-electron chi connectivity index (χ4n) is 5.67. The highest BCUT2D eigenvalue weighted by Gasteiger charge is 2.47. The molecule has 3 rings (SSSR count). The number of hydrogen-bond donors (Lipinski definition) is 3. The molecule has 0 saturated carbocycles. The van der Waals surface area contributed by atoms with Gasteiger partial charge in [0.15, 0.2) is 5.78 Å². The van der Waals surface area contributed by atoms with Crippen LogP contribution in [0.1, 0.15) is 73.6 Å². The Hall–Kier alpha value is -1.50. The third-order valence-corrected chi connectivity index (χ3v) is 7.57. The lowest BCUT2D eigenvalue weighted by Crippen LogP contribution is -2.36. The molecule has 10 atom stereocenters. The maximum absolute atomic E-state index is 13.4. The summed E-state index contributed by atoms with van der Waals surface area (Å²) in [6.07, 6.45) is 5.77. The van der Waals surface area contributed by atoms with Crippen molar-refractivity contribution in [2.75, 3.05) is 0 Å². The number of allylic oxidation sites excluding steroid dienone is 4. The van der Waals surface area contributed by atoms with Gasteiger partial charge in [0.2, 0.25) is 0 Å². The molecule has 0 amide bonds. The summed E-state index contributed by atoms with van der Waals surface area (Å²) in [5, 5.41) is 30.7. The number of cyclic esters (lactones) is 1. The van der Waals surface area contributed by atoms with Crippen molar-refractivity contribution in [3.63, 3.8) is 0 Å². The van der Waals surface area contributed by atoms with Crippen LogP contribution in [0.2, 0.25) is 0 Å². The summed E-state index contributed by atoms with van der Waals surface area (Å²) in [6.45, 7) is 11.3. The standard InChI is InChI=1S/C25H38O6.C2H6/c1-13-8-9-17-19(18(13)10-14(2)26)11-21-20(17)12-24(29)31-23(16(4)27)7-5-6-22(28)15(3)25(21)30;1-2/h8-9,11,13-20,22-23,26-28H,5-7,10,12H2,1-4H3;1-2H3. The molecule has 10 unspecified atom stereocenters. The van der Waals surface area contributed by atoms with E-state index in [2.05, 4.69) is 19.1 Å². The van der Waals surface area contributed by atoms with Crippen molar-refractivity contribution in [2.45, 2.75) is 98.1 Å². The van der Waals surface area contributed by atoms with Gasteiger partial charge >= 0.3 is 5.97 Å². The van der Waals surface area contributed by atoms with E-state index in [-0.39, 0.29) is 41.8 Å². The zero-order chi connectivity index (χ0) is 24.9. The average Bonchev–Trinajstić information content (AvgIpc) is 3.12. The topological polar surface area (TPSA) is 104 Å². The van der Waals surface area contributed by atoms with Gasteiger partial charge in [-0.25, -0.2) is 0 Å². The summed E-state index contributed by atoms with van der Waals surface area (Å²) in [7, 11) is 0. The number of fused-ring (bicyclic) bond motifs is 3. The molecule has 0 aromatic heterocycles. The summed E-state index contributed by atoms with van der Waals surface area (Å²) in [5.41, 5.74) is 0.613. The Bertz CT molecular complexity index is 724. The summed E-state index contributed by atoms with van der Waals surface area (Å²) in [6, 6.07) is 0.